The summed E-state index contributed by atoms with van der Waals surface area (Å²) in [6.07, 6.45) is 3.35. The first kappa shape index (κ1) is 16.1. The molecule has 1 aromatic carbocycles. The molecule has 2 N–H and O–H groups in total. The van der Waals surface area contributed by atoms with Gasteiger partial charge in [-0.05, 0) is 17.8 Å². The first-order chi connectivity index (χ1) is 9.81. The van der Waals surface area contributed by atoms with Gasteiger partial charge in [0.2, 0.25) is 0 Å². The van der Waals surface area contributed by atoms with Crippen LogP contribution >= 0.6 is 0 Å². The van der Waals surface area contributed by atoms with Gasteiger partial charge < -0.3 is 5.11 Å². The van der Waals surface area contributed by atoms with Crippen molar-refractivity contribution in [2.45, 2.75) is 0 Å². The summed E-state index contributed by atoms with van der Waals surface area (Å²) in [5.41, 5.74) is 1.57. The third kappa shape index (κ3) is 5.82. The summed E-state index contributed by atoms with van der Waals surface area (Å²) in [7, 11) is 0. The van der Waals surface area contributed by atoms with E-state index < -0.39 is 15.5 Å². The quantitative estimate of drug-likeness (QED) is 0.669. The van der Waals surface area contributed by atoms with Gasteiger partial charge in [0.05, 0.1) is 0 Å². The number of nitrogens with zero attached hydrogens (tertiary/aromatic N) is 3. The van der Waals surface area contributed by atoms with E-state index in [0.29, 0.717) is 11.5 Å². The Morgan fingerprint density at radius 2 is 1.85 bits per heavy atom. The van der Waals surface area contributed by atoms with E-state index >= 15 is 0 Å². The number of azo groups is 1. The number of hydrogen-bond acceptors (Lipinski definition) is 5. The van der Waals surface area contributed by atoms with Crippen LogP contribution in [0.1, 0.15) is 5.56 Å². The van der Waals surface area contributed by atoms with Gasteiger partial charge in [-0.15, -0.1) is 11.2 Å². The predicted octanol–water partition coefficient (Wildman–Crippen LogP) is 2.36. The Hall–Kier alpha value is -1.91. The summed E-state index contributed by atoms with van der Waals surface area (Å²) in [6.45, 7) is -0.0177. The van der Waals surface area contributed by atoms with Crippen LogP contribution in [0.3, 0.4) is 0 Å². The van der Waals surface area contributed by atoms with Crippen LogP contribution in [0, 0.1) is 6.42 Å². The van der Waals surface area contributed by atoms with Crippen molar-refractivity contribution in [3.8, 4) is 0 Å². The molecule has 0 amide bonds. The van der Waals surface area contributed by atoms with Crippen LogP contribution in [0.2, 0.25) is 0 Å². The Bertz CT molecular complexity index is 550. The van der Waals surface area contributed by atoms with Gasteiger partial charge in [0.15, 0.2) is 5.82 Å². The standard InChI is InChI=1S/C13H12N3O.Cr.H2O.O/c17-10-8-11-5-1-2-6-12(11)15-16-13-7-3-4-9-14-13;;;/h1-9,17H,10H2;;1H2;/q-1;+1;;/p-1. The second kappa shape index (κ2) is 9.95. The maximum absolute atomic E-state index is 8.89. The molecule has 0 radical (unpaired) electrons. The second-order valence-electron chi connectivity index (χ2n) is 3.41. The van der Waals surface area contributed by atoms with Crippen molar-refractivity contribution in [3.63, 3.8) is 0 Å². The summed E-state index contributed by atoms with van der Waals surface area (Å²) in [4.78, 5) is 4.05. The van der Waals surface area contributed by atoms with Crippen molar-refractivity contribution in [1.29, 1.82) is 0 Å². The molecule has 0 spiro atoms. The van der Waals surface area contributed by atoms with Crippen molar-refractivity contribution in [1.82, 2.24) is 4.98 Å². The molecule has 0 atom stereocenters. The zero-order valence-electron chi connectivity index (χ0n) is 10.5. The fraction of sp³-hybridized carbons (Fsp3) is 0.0769. The van der Waals surface area contributed by atoms with E-state index in [1.54, 1.807) is 18.7 Å². The first-order valence-electron chi connectivity index (χ1n) is 5.61. The molecule has 2 aromatic rings. The normalized spacial score (nSPS) is 9.70. The molecule has 0 fully saturated rings. The van der Waals surface area contributed by atoms with Crippen LogP contribution in [-0.4, -0.2) is 20.9 Å². The van der Waals surface area contributed by atoms with E-state index in [-0.39, 0.29) is 6.61 Å². The third-order valence-electron chi connectivity index (χ3n) is 2.16. The van der Waals surface area contributed by atoms with Crippen LogP contribution in [-0.2, 0) is 19.3 Å². The molecule has 0 unspecified atom stereocenters. The van der Waals surface area contributed by atoms with Gasteiger partial charge in [-0.1, -0.05) is 18.2 Å². The van der Waals surface area contributed by atoms with Crippen LogP contribution in [0.5, 0.6) is 0 Å². The van der Waals surface area contributed by atoms with E-state index in [9.17, 15) is 0 Å². The molecule has 0 aliphatic heterocycles. The Kier molecular flexibility index (Phi) is 8.03. The molecular formula is C13H13CrN3O3-. The number of pyridine rings is 1. The Morgan fingerprint density at radius 3 is 2.50 bits per heavy atom. The molecule has 0 saturated heterocycles. The summed E-state index contributed by atoms with van der Waals surface area (Å²) in [5.74, 6) is 0.561. The number of benzene rings is 1. The molecule has 6 nitrogen and oxygen atoms in total. The summed E-state index contributed by atoms with van der Waals surface area (Å²) in [5, 5.41) is 17.0. The van der Waals surface area contributed by atoms with Crippen molar-refractivity contribution < 1.29 is 28.6 Å². The monoisotopic (exact) mass is 311 g/mol. The number of aliphatic hydroxyl groups is 1. The van der Waals surface area contributed by atoms with Crippen molar-refractivity contribution >= 4 is 11.5 Å². The fourth-order valence-corrected chi connectivity index (χ4v) is 1.37. The van der Waals surface area contributed by atoms with Gasteiger partial charge in [0.1, 0.15) is 0 Å². The average molecular weight is 311 g/mol. The van der Waals surface area contributed by atoms with Crippen LogP contribution in [0.4, 0.5) is 11.5 Å². The molecule has 1 aromatic heterocycles. The van der Waals surface area contributed by atoms with Gasteiger partial charge in [-0.25, -0.2) is 10.1 Å². The van der Waals surface area contributed by atoms with Crippen LogP contribution in [0.15, 0.2) is 58.9 Å². The molecule has 2 rings (SSSR count). The summed E-state index contributed by atoms with van der Waals surface area (Å²) < 4.78 is 15.6. The zero-order valence-corrected chi connectivity index (χ0v) is 11.7. The zero-order chi connectivity index (χ0) is 14.6. The van der Waals surface area contributed by atoms with E-state index in [2.05, 4.69) is 15.2 Å². The number of rotatable bonds is 4. The van der Waals surface area contributed by atoms with Crippen molar-refractivity contribution in [3.05, 3.63) is 60.6 Å². The molecule has 20 heavy (non-hydrogen) atoms. The maximum atomic E-state index is 8.89. The van der Waals surface area contributed by atoms with Gasteiger partial charge >= 0.3 is 23.4 Å². The Morgan fingerprint density at radius 1 is 1.15 bits per heavy atom. The number of aromatic nitrogens is 1. The third-order valence-corrected chi connectivity index (χ3v) is 2.16. The Balaban J connectivity index is 0.000000612. The van der Waals surface area contributed by atoms with Crippen LogP contribution < -0.4 is 0 Å². The molecule has 0 aliphatic rings. The van der Waals surface area contributed by atoms with Crippen LogP contribution in [0.25, 0.3) is 0 Å². The summed E-state index contributed by atoms with van der Waals surface area (Å²) >= 11 is -1.38. The topological polar surface area (TPSA) is 95.1 Å². The SMILES string of the molecule is OC[CH-]c1ccccc1N=Nc1ccccn1.[O]=[Cr][OH]. The number of hydrogen-bond donors (Lipinski definition) is 2. The average Bonchev–Trinajstić information content (AvgIpc) is 2.49. The molecule has 1 heterocycles. The van der Waals surface area contributed by atoms with E-state index in [4.69, 9.17) is 13.1 Å². The molecule has 0 saturated carbocycles. The van der Waals surface area contributed by atoms with E-state index in [1.165, 1.54) is 0 Å². The second-order valence-corrected chi connectivity index (χ2v) is 3.64. The molecule has 0 aliphatic carbocycles. The molecule has 105 valence electrons. The van der Waals surface area contributed by atoms with Gasteiger partial charge in [0, 0.05) is 12.8 Å². The molecular weight excluding hydrogens is 298 g/mol. The minimum atomic E-state index is -1.38. The summed E-state index contributed by atoms with van der Waals surface area (Å²) in [6, 6.07) is 12.9. The number of aliphatic hydroxyl groups excluding tert-OH is 1. The predicted molar refractivity (Wildman–Crippen MR) is 68.2 cm³/mol. The van der Waals surface area contributed by atoms with Gasteiger partial charge in [0.25, 0.3) is 0 Å². The molecule has 7 heteroatoms. The minimum absolute atomic E-state index is 0.0177. The van der Waals surface area contributed by atoms with Crippen molar-refractivity contribution in [2.24, 2.45) is 10.2 Å². The molecule has 0 bridgehead atoms. The fourth-order valence-electron chi connectivity index (χ4n) is 1.37. The van der Waals surface area contributed by atoms with E-state index in [1.807, 2.05) is 36.4 Å². The Labute approximate surface area is 123 Å². The van der Waals surface area contributed by atoms with Crippen molar-refractivity contribution in [2.75, 3.05) is 6.61 Å². The first-order valence-corrected chi connectivity index (χ1v) is 6.70. The van der Waals surface area contributed by atoms with Gasteiger partial charge in [-0.2, -0.15) is 18.1 Å². The van der Waals surface area contributed by atoms with E-state index in [0.717, 1.165) is 5.56 Å². The van der Waals surface area contributed by atoms with Gasteiger partial charge in [-0.3, -0.25) is 0 Å².